The summed E-state index contributed by atoms with van der Waals surface area (Å²) in [6.07, 6.45) is 0. The molecule has 1 atom stereocenters. The predicted octanol–water partition coefficient (Wildman–Crippen LogP) is 3.55. The van der Waals surface area contributed by atoms with Crippen LogP contribution in [-0.2, 0) is 11.4 Å². The normalized spacial score (nSPS) is 12.2. The Morgan fingerprint density at radius 3 is 2.67 bits per heavy atom. The van der Waals surface area contributed by atoms with Crippen molar-refractivity contribution in [3.05, 3.63) is 35.2 Å². The van der Waals surface area contributed by atoms with Crippen LogP contribution in [-0.4, -0.2) is 27.9 Å². The Labute approximate surface area is 150 Å². The fourth-order valence-electron chi connectivity index (χ4n) is 1.62. The fraction of sp³-hybridized carbons (Fsp3) is 0.438. The molecule has 0 radical (unpaired) electrons. The summed E-state index contributed by atoms with van der Waals surface area (Å²) in [6, 6.07) is 7.12. The molecule has 0 bridgehead atoms. The van der Waals surface area contributed by atoms with Crippen LogP contribution < -0.4 is 10.1 Å². The third kappa shape index (κ3) is 6.05. The summed E-state index contributed by atoms with van der Waals surface area (Å²) in [7, 11) is 0. The van der Waals surface area contributed by atoms with Gasteiger partial charge < -0.3 is 14.5 Å². The summed E-state index contributed by atoms with van der Waals surface area (Å²) in [5.74, 6) is 1.58. The zero-order valence-electron chi connectivity index (χ0n) is 13.8. The quantitative estimate of drug-likeness (QED) is 0.717. The maximum Gasteiger partial charge on any atom is 0.277 e. The van der Waals surface area contributed by atoms with Gasteiger partial charge in [0.25, 0.3) is 11.1 Å². The van der Waals surface area contributed by atoms with Crippen molar-refractivity contribution in [2.45, 2.75) is 38.6 Å². The summed E-state index contributed by atoms with van der Waals surface area (Å²) in [4.78, 5) is 11.8. The van der Waals surface area contributed by atoms with E-state index in [2.05, 4.69) is 29.4 Å². The molecule has 1 aromatic heterocycles. The second-order valence-corrected chi connectivity index (χ2v) is 6.96. The van der Waals surface area contributed by atoms with E-state index in [1.165, 1.54) is 11.8 Å². The number of aromatic nitrogens is 2. The number of thioether (sulfide) groups is 1. The van der Waals surface area contributed by atoms with Crippen molar-refractivity contribution in [2.24, 2.45) is 5.92 Å². The van der Waals surface area contributed by atoms with Crippen molar-refractivity contribution in [1.82, 2.24) is 15.5 Å². The molecule has 0 saturated carbocycles. The number of hydrogen-bond acceptors (Lipinski definition) is 6. The van der Waals surface area contributed by atoms with E-state index in [1.807, 2.05) is 6.92 Å². The number of halogens is 1. The molecule has 2 rings (SSSR count). The molecule has 0 fully saturated rings. The Morgan fingerprint density at radius 1 is 1.29 bits per heavy atom. The van der Waals surface area contributed by atoms with Gasteiger partial charge >= 0.3 is 0 Å². The standard InChI is InChI=1S/C16H20ClN3O3S/c1-10(2)11(3)18-14(21)9-24-16-20-19-15(23-16)8-22-13-6-4-12(17)5-7-13/h4-7,10-11H,8-9H2,1-3H3,(H,18,21). The number of nitrogens with zero attached hydrogens (tertiary/aromatic N) is 2. The Balaban J connectivity index is 1.76. The van der Waals surface area contributed by atoms with Gasteiger partial charge in [0.1, 0.15) is 5.75 Å². The summed E-state index contributed by atoms with van der Waals surface area (Å²) in [5, 5.41) is 11.7. The molecule has 0 aliphatic carbocycles. The Bertz CT molecular complexity index is 661. The van der Waals surface area contributed by atoms with Crippen molar-refractivity contribution < 1.29 is 13.9 Å². The first-order valence-electron chi connectivity index (χ1n) is 7.57. The third-order valence-corrected chi connectivity index (χ3v) is 4.41. The van der Waals surface area contributed by atoms with Gasteiger partial charge in [-0.05, 0) is 37.1 Å². The lowest BCUT2D eigenvalue weighted by Gasteiger charge is -2.16. The van der Waals surface area contributed by atoms with Gasteiger partial charge in [-0.2, -0.15) is 0 Å². The van der Waals surface area contributed by atoms with E-state index in [0.717, 1.165) is 0 Å². The molecule has 6 nitrogen and oxygen atoms in total. The van der Waals surface area contributed by atoms with E-state index in [-0.39, 0.29) is 24.3 Å². The highest BCUT2D eigenvalue weighted by molar-refractivity contribution is 7.99. The predicted molar refractivity (Wildman–Crippen MR) is 93.2 cm³/mol. The van der Waals surface area contributed by atoms with Crippen LogP contribution in [0.4, 0.5) is 0 Å². The number of rotatable bonds is 8. The van der Waals surface area contributed by atoms with Crippen LogP contribution in [0.15, 0.2) is 33.9 Å². The van der Waals surface area contributed by atoms with E-state index in [9.17, 15) is 4.79 Å². The number of hydrogen-bond donors (Lipinski definition) is 1. The summed E-state index contributed by atoms with van der Waals surface area (Å²) in [5.41, 5.74) is 0. The van der Waals surface area contributed by atoms with E-state index < -0.39 is 0 Å². The lowest BCUT2D eigenvalue weighted by atomic mass is 10.1. The van der Waals surface area contributed by atoms with Crippen molar-refractivity contribution >= 4 is 29.3 Å². The van der Waals surface area contributed by atoms with Gasteiger partial charge in [0.05, 0.1) is 5.75 Å². The SMILES string of the molecule is CC(C)C(C)NC(=O)CSc1nnc(COc2ccc(Cl)cc2)o1. The average Bonchev–Trinajstić information content (AvgIpc) is 3.00. The first-order chi connectivity index (χ1) is 11.4. The van der Waals surface area contributed by atoms with E-state index in [4.69, 9.17) is 20.8 Å². The number of ether oxygens (including phenoxy) is 1. The van der Waals surface area contributed by atoms with Crippen LogP contribution in [0.25, 0.3) is 0 Å². The molecular formula is C16H20ClN3O3S. The monoisotopic (exact) mass is 369 g/mol. The van der Waals surface area contributed by atoms with Gasteiger partial charge in [-0.1, -0.05) is 37.2 Å². The Hall–Kier alpha value is -1.73. The number of benzene rings is 1. The number of carbonyl (C=O) groups excluding carboxylic acids is 1. The smallest absolute Gasteiger partial charge is 0.277 e. The maximum absolute atomic E-state index is 11.8. The van der Waals surface area contributed by atoms with Crippen molar-refractivity contribution in [3.63, 3.8) is 0 Å². The van der Waals surface area contributed by atoms with Gasteiger partial charge in [0, 0.05) is 11.1 Å². The molecule has 1 aromatic carbocycles. The molecule has 8 heteroatoms. The number of carbonyl (C=O) groups is 1. The van der Waals surface area contributed by atoms with Crippen LogP contribution >= 0.6 is 23.4 Å². The van der Waals surface area contributed by atoms with E-state index in [0.29, 0.717) is 27.8 Å². The topological polar surface area (TPSA) is 77.2 Å². The molecule has 0 spiro atoms. The molecular weight excluding hydrogens is 350 g/mol. The van der Waals surface area contributed by atoms with Gasteiger partial charge in [-0.3, -0.25) is 4.79 Å². The lowest BCUT2D eigenvalue weighted by molar-refractivity contribution is -0.119. The average molecular weight is 370 g/mol. The first-order valence-corrected chi connectivity index (χ1v) is 8.93. The second-order valence-electron chi connectivity index (χ2n) is 5.59. The van der Waals surface area contributed by atoms with Gasteiger partial charge in [0.2, 0.25) is 5.91 Å². The molecule has 130 valence electrons. The van der Waals surface area contributed by atoms with Crippen molar-refractivity contribution in [3.8, 4) is 5.75 Å². The molecule has 0 aliphatic heterocycles. The van der Waals surface area contributed by atoms with E-state index >= 15 is 0 Å². The molecule has 2 aromatic rings. The molecule has 1 N–H and O–H groups in total. The third-order valence-electron chi connectivity index (χ3n) is 3.34. The zero-order valence-corrected chi connectivity index (χ0v) is 15.4. The van der Waals surface area contributed by atoms with Crippen LogP contribution in [0.3, 0.4) is 0 Å². The number of nitrogens with one attached hydrogen (secondary N) is 1. The van der Waals surface area contributed by atoms with Gasteiger partial charge in [-0.15, -0.1) is 10.2 Å². The van der Waals surface area contributed by atoms with Gasteiger partial charge in [-0.25, -0.2) is 0 Å². The van der Waals surface area contributed by atoms with E-state index in [1.54, 1.807) is 24.3 Å². The zero-order chi connectivity index (χ0) is 17.5. The van der Waals surface area contributed by atoms with Crippen molar-refractivity contribution in [2.75, 3.05) is 5.75 Å². The first kappa shape index (κ1) is 18.6. The maximum atomic E-state index is 11.8. The summed E-state index contributed by atoms with van der Waals surface area (Å²) in [6.45, 7) is 6.25. The highest BCUT2D eigenvalue weighted by Gasteiger charge is 2.13. The molecule has 1 unspecified atom stereocenters. The van der Waals surface area contributed by atoms with Crippen molar-refractivity contribution in [1.29, 1.82) is 0 Å². The highest BCUT2D eigenvalue weighted by atomic mass is 35.5. The Morgan fingerprint density at radius 2 is 2.00 bits per heavy atom. The van der Waals surface area contributed by atoms with Crippen LogP contribution in [0.5, 0.6) is 5.75 Å². The van der Waals surface area contributed by atoms with Gasteiger partial charge in [0.15, 0.2) is 6.61 Å². The molecule has 1 amide bonds. The number of amides is 1. The molecule has 0 saturated heterocycles. The minimum Gasteiger partial charge on any atom is -0.484 e. The summed E-state index contributed by atoms with van der Waals surface area (Å²) >= 11 is 7.01. The molecule has 0 aliphatic rings. The fourth-order valence-corrected chi connectivity index (χ4v) is 2.34. The molecule has 1 heterocycles. The van der Waals surface area contributed by atoms with Crippen LogP contribution in [0, 0.1) is 5.92 Å². The minimum atomic E-state index is -0.0571. The van der Waals surface area contributed by atoms with Crippen LogP contribution in [0.1, 0.15) is 26.7 Å². The largest absolute Gasteiger partial charge is 0.484 e. The highest BCUT2D eigenvalue weighted by Crippen LogP contribution is 2.19. The summed E-state index contributed by atoms with van der Waals surface area (Å²) < 4.78 is 11.0. The lowest BCUT2D eigenvalue weighted by Crippen LogP contribution is -2.37. The Kier molecular flexibility index (Phi) is 6.93. The van der Waals surface area contributed by atoms with Crippen LogP contribution in [0.2, 0.25) is 5.02 Å². The minimum absolute atomic E-state index is 0.0571. The second kappa shape index (κ2) is 8.94. The molecule has 24 heavy (non-hydrogen) atoms.